The van der Waals surface area contributed by atoms with E-state index in [0.717, 1.165) is 49.7 Å². The van der Waals surface area contributed by atoms with Gasteiger partial charge in [0.1, 0.15) is 16.9 Å². The molecule has 1 fully saturated rings. The molecule has 68 heavy (non-hydrogen) atoms. The standard InChI is InChI=1S/C58H64O10/c1-36(34-60)47-24-19-37-17-20-40(21-18-37)48-25-22-42(41-14-10-13-39(30-41)29-38-11-6-4-7-12-38)31-45(48)33-51(61)65-54-52-50(68-58(2,55(54)67-56(47)62)46-15-8-5-9-16-46)26-23-43-32-49(57(63)66-53(43)52)44(27-28-59)35-64-3/h4,6-7,10-14,17-18,20-23,25-26,30,32,42,44-46,48,54-55,59-60H,5,8-9,15-16,19,24,27-29,31,33-35H2,1-3H3/b47-36-/t42-,44-,45+,48+,54-,55+,58+/m1/s1. The molecule has 0 unspecified atom stereocenters. The lowest BCUT2D eigenvalue weighted by Crippen LogP contribution is -2.58. The van der Waals surface area contributed by atoms with Crippen molar-refractivity contribution in [2.24, 2.45) is 11.8 Å². The first-order valence-corrected chi connectivity index (χ1v) is 24.6. The Balaban J connectivity index is 1.16. The Hall–Kier alpha value is -5.81. The van der Waals surface area contributed by atoms with Gasteiger partial charge in [0.25, 0.3) is 0 Å². The number of benzene rings is 4. The van der Waals surface area contributed by atoms with Crippen LogP contribution < -0.4 is 10.4 Å². The van der Waals surface area contributed by atoms with Crippen LogP contribution in [0.5, 0.6) is 5.75 Å². The molecule has 2 aliphatic carbocycles. The molecule has 356 valence electrons. The number of hydrogen-bond donors (Lipinski definition) is 2. The van der Waals surface area contributed by atoms with Gasteiger partial charge in [-0.1, -0.05) is 110 Å². The van der Waals surface area contributed by atoms with Crippen molar-refractivity contribution in [1.82, 2.24) is 0 Å². The minimum Gasteiger partial charge on any atom is -0.483 e. The predicted octanol–water partition coefficient (Wildman–Crippen LogP) is 10.5. The van der Waals surface area contributed by atoms with Gasteiger partial charge >= 0.3 is 17.6 Å². The van der Waals surface area contributed by atoms with Gasteiger partial charge in [-0.05, 0) is 116 Å². The number of rotatable bonds is 10. The van der Waals surface area contributed by atoms with E-state index in [0.29, 0.717) is 59.1 Å². The van der Waals surface area contributed by atoms with Crippen LogP contribution >= 0.6 is 0 Å². The lowest BCUT2D eigenvalue weighted by atomic mass is 9.71. The van der Waals surface area contributed by atoms with Gasteiger partial charge in [-0.15, -0.1) is 0 Å². The van der Waals surface area contributed by atoms with Crippen LogP contribution in [-0.4, -0.2) is 60.8 Å². The number of aryl methyl sites for hydroxylation is 1. The van der Waals surface area contributed by atoms with Gasteiger partial charge in [-0.2, -0.15) is 0 Å². The first-order chi connectivity index (χ1) is 33.1. The second-order valence-corrected chi connectivity index (χ2v) is 19.7. The number of ether oxygens (including phenoxy) is 4. The molecule has 10 heteroatoms. The van der Waals surface area contributed by atoms with E-state index in [2.05, 4.69) is 84.9 Å². The van der Waals surface area contributed by atoms with E-state index in [1.807, 2.05) is 25.1 Å². The highest BCUT2D eigenvalue weighted by Gasteiger charge is 2.56. The maximum absolute atomic E-state index is 15.1. The van der Waals surface area contributed by atoms with E-state index in [4.69, 9.17) is 23.4 Å². The SMILES string of the molecule is COC[C@@H](CCO)c1cc2ccc3c(c2oc1=O)[C@H]1OC(=O)C[C@@H]2C[C@H](c4cccc(Cc5ccccc5)c4)C=C[C@H]2c2ccc(cc2)CC/C(=C(\C)CO)C(=O)O[C@@H]1[C@](C)(C1CCCCC1)O3. The normalized spacial score (nSPS) is 25.6. The van der Waals surface area contributed by atoms with Gasteiger partial charge < -0.3 is 33.6 Å². The summed E-state index contributed by atoms with van der Waals surface area (Å²) in [5.74, 6) is -1.38. The first kappa shape index (κ1) is 47.3. The van der Waals surface area contributed by atoms with E-state index in [9.17, 15) is 19.8 Å². The van der Waals surface area contributed by atoms with E-state index >= 15 is 4.79 Å². The molecule has 3 aliphatic heterocycles. The maximum atomic E-state index is 15.1. The zero-order valence-electron chi connectivity index (χ0n) is 39.5. The van der Waals surface area contributed by atoms with Gasteiger partial charge in [0.15, 0.2) is 12.2 Å². The monoisotopic (exact) mass is 920 g/mol. The number of esters is 2. The van der Waals surface area contributed by atoms with Crippen LogP contribution in [0.3, 0.4) is 0 Å². The fraction of sp³-hybridized carbons (Fsp3) is 0.431. The van der Waals surface area contributed by atoms with Crippen molar-refractivity contribution >= 4 is 22.9 Å². The minimum atomic E-state index is -1.23. The molecule has 4 heterocycles. The third-order valence-electron chi connectivity index (χ3n) is 15.3. The number of methoxy groups -OCH3 is 1. The zero-order chi connectivity index (χ0) is 47.4. The zero-order valence-corrected chi connectivity index (χ0v) is 39.5. The van der Waals surface area contributed by atoms with E-state index < -0.39 is 41.3 Å². The number of carbonyl (C=O) groups is 2. The average Bonchev–Trinajstić information content (AvgIpc) is 3.35. The lowest BCUT2D eigenvalue weighted by molar-refractivity contribution is -0.201. The van der Waals surface area contributed by atoms with Gasteiger partial charge in [0.05, 0.1) is 18.8 Å². The topological polar surface area (TPSA) is 142 Å². The number of carbonyl (C=O) groups excluding carboxylic acids is 2. The van der Waals surface area contributed by atoms with Crippen LogP contribution in [0.15, 0.2) is 130 Å². The Morgan fingerprint density at radius 2 is 1.62 bits per heavy atom. The Kier molecular flexibility index (Phi) is 14.5. The van der Waals surface area contributed by atoms with Crippen molar-refractivity contribution in [3.63, 3.8) is 0 Å². The summed E-state index contributed by atoms with van der Waals surface area (Å²) in [7, 11) is 1.55. The highest BCUT2D eigenvalue weighted by atomic mass is 16.6. The van der Waals surface area contributed by atoms with Crippen molar-refractivity contribution in [1.29, 1.82) is 0 Å². The van der Waals surface area contributed by atoms with E-state index in [1.54, 1.807) is 20.1 Å². The molecule has 2 N–H and O–H groups in total. The summed E-state index contributed by atoms with van der Waals surface area (Å²) in [6.45, 7) is 3.41. The molecule has 2 bridgehead atoms. The van der Waals surface area contributed by atoms with Crippen LogP contribution in [0.2, 0.25) is 0 Å². The molecule has 1 aromatic heterocycles. The highest BCUT2D eigenvalue weighted by molar-refractivity contribution is 5.90. The summed E-state index contributed by atoms with van der Waals surface area (Å²) in [6, 6.07) is 33.0. The molecule has 5 aliphatic rings. The van der Waals surface area contributed by atoms with Crippen molar-refractivity contribution in [3.05, 3.63) is 170 Å². The minimum absolute atomic E-state index is 0.0527. The molecule has 1 saturated carbocycles. The molecular formula is C58H64O10. The first-order valence-electron chi connectivity index (χ1n) is 24.6. The fourth-order valence-electron chi connectivity index (χ4n) is 11.5. The third-order valence-corrected chi connectivity index (χ3v) is 15.3. The van der Waals surface area contributed by atoms with Crippen LogP contribution in [0.25, 0.3) is 11.0 Å². The van der Waals surface area contributed by atoms with Gasteiger partial charge in [-0.25, -0.2) is 9.59 Å². The Morgan fingerprint density at radius 3 is 2.37 bits per heavy atom. The predicted molar refractivity (Wildman–Crippen MR) is 261 cm³/mol. The molecule has 0 radical (unpaired) electrons. The summed E-state index contributed by atoms with van der Waals surface area (Å²) in [6.07, 6.45) is 9.51. The van der Waals surface area contributed by atoms with E-state index in [1.165, 1.54) is 16.7 Å². The van der Waals surface area contributed by atoms with Crippen LogP contribution in [0.4, 0.5) is 0 Å². The van der Waals surface area contributed by atoms with E-state index in [-0.39, 0.29) is 55.5 Å². The summed E-state index contributed by atoms with van der Waals surface area (Å²) >= 11 is 0. The van der Waals surface area contributed by atoms with Crippen molar-refractivity contribution in [2.45, 2.75) is 120 Å². The number of allylic oxidation sites excluding steroid dienone is 2. The van der Waals surface area contributed by atoms with Crippen molar-refractivity contribution in [2.75, 3.05) is 26.9 Å². The molecule has 5 aromatic rings. The summed E-state index contributed by atoms with van der Waals surface area (Å²) in [5, 5.41) is 20.9. The number of aliphatic hydroxyl groups excluding tert-OH is 2. The molecule has 4 aromatic carbocycles. The molecule has 0 amide bonds. The molecule has 7 atom stereocenters. The summed E-state index contributed by atoms with van der Waals surface area (Å²) in [4.78, 5) is 44.0. The molecule has 10 rings (SSSR count). The van der Waals surface area contributed by atoms with Crippen molar-refractivity contribution in [3.8, 4) is 5.75 Å². The third kappa shape index (κ3) is 9.87. The van der Waals surface area contributed by atoms with Crippen LogP contribution in [0.1, 0.15) is 134 Å². The van der Waals surface area contributed by atoms with Crippen LogP contribution in [-0.2, 0) is 36.6 Å². The fourth-order valence-corrected chi connectivity index (χ4v) is 11.5. The Bertz CT molecular complexity index is 2710. The highest BCUT2D eigenvalue weighted by Crippen LogP contribution is 2.52. The Morgan fingerprint density at radius 1 is 0.838 bits per heavy atom. The number of aliphatic hydroxyl groups is 2. The van der Waals surface area contributed by atoms with Gasteiger partial charge in [0.2, 0.25) is 0 Å². The molecule has 10 nitrogen and oxygen atoms in total. The molecular weight excluding hydrogens is 857 g/mol. The number of fused-ring (bicyclic) bond motifs is 11. The molecule has 0 spiro atoms. The second kappa shape index (κ2) is 20.8. The Labute approximate surface area is 399 Å². The average molecular weight is 921 g/mol. The molecule has 0 saturated heterocycles. The van der Waals surface area contributed by atoms with Crippen molar-refractivity contribution < 1.29 is 43.2 Å². The summed E-state index contributed by atoms with van der Waals surface area (Å²) < 4.78 is 32.4. The maximum Gasteiger partial charge on any atom is 0.339 e. The van der Waals surface area contributed by atoms with Crippen LogP contribution in [0, 0.1) is 11.8 Å². The smallest absolute Gasteiger partial charge is 0.339 e. The second-order valence-electron chi connectivity index (χ2n) is 19.7. The van der Waals surface area contributed by atoms with Gasteiger partial charge in [0, 0.05) is 60.3 Å². The quantitative estimate of drug-likeness (QED) is 0.0602. The summed E-state index contributed by atoms with van der Waals surface area (Å²) in [5.41, 5.74) is 5.70. The largest absolute Gasteiger partial charge is 0.483 e. The lowest BCUT2D eigenvalue weighted by Gasteiger charge is -2.50. The van der Waals surface area contributed by atoms with Gasteiger partial charge in [-0.3, -0.25) is 4.79 Å². The number of hydrogen-bond acceptors (Lipinski definition) is 10.